The molecule has 0 saturated carbocycles. The number of nitrogens with one attached hydrogen (secondary N) is 2. The molecule has 0 bridgehead atoms. The summed E-state index contributed by atoms with van der Waals surface area (Å²) in [6, 6.07) is 7.60. The molecule has 1 saturated heterocycles. The summed E-state index contributed by atoms with van der Waals surface area (Å²) >= 11 is 0. The number of hydrogen-bond donors (Lipinski definition) is 2. The summed E-state index contributed by atoms with van der Waals surface area (Å²) in [7, 11) is 1.67. The summed E-state index contributed by atoms with van der Waals surface area (Å²) in [4.78, 5) is 12.2. The number of amides is 1. The Morgan fingerprint density at radius 1 is 1.47 bits per heavy atom. The van der Waals surface area contributed by atoms with Gasteiger partial charge in [0, 0.05) is 19.2 Å². The molecule has 2 aliphatic rings. The van der Waals surface area contributed by atoms with Crippen LogP contribution in [0.2, 0.25) is 0 Å². The molecule has 1 fully saturated rings. The van der Waals surface area contributed by atoms with Crippen molar-refractivity contribution >= 4 is 5.91 Å². The molecule has 2 aliphatic heterocycles. The van der Waals surface area contributed by atoms with Gasteiger partial charge in [0.15, 0.2) is 0 Å². The lowest BCUT2D eigenvalue weighted by Crippen LogP contribution is -2.42. The largest absolute Gasteiger partial charge is 0.491 e. The van der Waals surface area contributed by atoms with Crippen LogP contribution in [0.15, 0.2) is 24.3 Å². The van der Waals surface area contributed by atoms with Crippen LogP contribution in [0.3, 0.4) is 0 Å². The molecule has 2 heterocycles. The first-order chi connectivity index (χ1) is 9.28. The maximum Gasteiger partial charge on any atom is 0.237 e. The summed E-state index contributed by atoms with van der Waals surface area (Å²) in [5.41, 5.74) is 1.05. The zero-order chi connectivity index (χ0) is 13.2. The van der Waals surface area contributed by atoms with E-state index in [1.54, 1.807) is 7.11 Å². The van der Waals surface area contributed by atoms with Gasteiger partial charge in [0.1, 0.15) is 12.4 Å². The van der Waals surface area contributed by atoms with Crippen molar-refractivity contribution < 1.29 is 14.3 Å². The topological polar surface area (TPSA) is 59.6 Å². The lowest BCUT2D eigenvalue weighted by molar-refractivity contribution is -0.123. The van der Waals surface area contributed by atoms with Gasteiger partial charge in [0.25, 0.3) is 0 Å². The van der Waals surface area contributed by atoms with E-state index < -0.39 is 0 Å². The molecule has 3 atom stereocenters. The molecule has 1 aromatic rings. The fourth-order valence-electron chi connectivity index (χ4n) is 2.64. The number of ether oxygens (including phenoxy) is 2. The van der Waals surface area contributed by atoms with Crippen LogP contribution < -0.4 is 15.4 Å². The fraction of sp³-hybridized carbons (Fsp3) is 0.500. The van der Waals surface area contributed by atoms with E-state index in [2.05, 4.69) is 10.6 Å². The average Bonchev–Trinajstić information content (AvgIpc) is 3.06. The fourth-order valence-corrected chi connectivity index (χ4v) is 2.64. The van der Waals surface area contributed by atoms with E-state index in [1.807, 2.05) is 24.3 Å². The van der Waals surface area contributed by atoms with Gasteiger partial charge in [-0.15, -0.1) is 0 Å². The monoisotopic (exact) mass is 262 g/mol. The zero-order valence-electron chi connectivity index (χ0n) is 10.9. The van der Waals surface area contributed by atoms with Crippen LogP contribution in [0.25, 0.3) is 0 Å². The number of carbonyl (C=O) groups excluding carboxylic acids is 1. The quantitative estimate of drug-likeness (QED) is 0.838. The molecule has 0 radical (unpaired) electrons. The number of rotatable bonds is 3. The third-order valence-electron chi connectivity index (χ3n) is 3.76. The van der Waals surface area contributed by atoms with Crippen molar-refractivity contribution in [3.8, 4) is 5.75 Å². The second kappa shape index (κ2) is 5.19. The molecule has 1 aromatic carbocycles. The lowest BCUT2D eigenvalue weighted by atomic mass is 10.1. The van der Waals surface area contributed by atoms with Gasteiger partial charge in [0.05, 0.1) is 18.2 Å². The van der Waals surface area contributed by atoms with Crippen LogP contribution in [0, 0.1) is 0 Å². The molecule has 0 aliphatic carbocycles. The van der Waals surface area contributed by atoms with Crippen molar-refractivity contribution in [2.45, 2.75) is 24.6 Å². The van der Waals surface area contributed by atoms with Crippen molar-refractivity contribution in [2.24, 2.45) is 0 Å². The van der Waals surface area contributed by atoms with Crippen molar-refractivity contribution in [1.29, 1.82) is 0 Å². The Bertz CT molecular complexity index is 478. The van der Waals surface area contributed by atoms with E-state index in [0.717, 1.165) is 24.3 Å². The highest BCUT2D eigenvalue weighted by molar-refractivity contribution is 5.82. The zero-order valence-corrected chi connectivity index (χ0v) is 10.9. The van der Waals surface area contributed by atoms with Gasteiger partial charge in [0.2, 0.25) is 5.91 Å². The molecule has 0 spiro atoms. The van der Waals surface area contributed by atoms with Gasteiger partial charge in [-0.2, -0.15) is 0 Å². The third kappa shape index (κ3) is 2.43. The Morgan fingerprint density at radius 3 is 3.11 bits per heavy atom. The molecule has 5 nitrogen and oxygen atoms in total. The van der Waals surface area contributed by atoms with E-state index in [1.165, 1.54) is 0 Å². The molecule has 5 heteroatoms. The summed E-state index contributed by atoms with van der Waals surface area (Å²) in [5.74, 6) is 0.881. The van der Waals surface area contributed by atoms with Crippen molar-refractivity contribution in [1.82, 2.24) is 10.6 Å². The van der Waals surface area contributed by atoms with E-state index in [0.29, 0.717) is 6.61 Å². The molecule has 19 heavy (non-hydrogen) atoms. The van der Waals surface area contributed by atoms with Crippen LogP contribution in [-0.4, -0.2) is 38.3 Å². The van der Waals surface area contributed by atoms with E-state index in [-0.39, 0.29) is 24.1 Å². The molecule has 102 valence electrons. The summed E-state index contributed by atoms with van der Waals surface area (Å²) in [6.45, 7) is 1.23. The molecule has 2 N–H and O–H groups in total. The molecule has 3 unspecified atom stereocenters. The first-order valence-electron chi connectivity index (χ1n) is 6.56. The first-order valence-corrected chi connectivity index (χ1v) is 6.56. The molecule has 1 amide bonds. The third-order valence-corrected chi connectivity index (χ3v) is 3.76. The van der Waals surface area contributed by atoms with E-state index >= 15 is 0 Å². The normalized spacial score (nSPS) is 28.8. The molecular formula is C14H18N2O3. The standard InChI is InChI=1S/C14H18N2O3/c1-18-9-6-11(15-7-9)14(17)16-12-8-19-13-5-3-2-4-10(12)13/h2-5,9,11-12,15H,6-8H2,1H3,(H,16,17). The number of fused-ring (bicyclic) bond motifs is 1. The minimum absolute atomic E-state index is 0.0184. The van der Waals surface area contributed by atoms with Crippen LogP contribution in [-0.2, 0) is 9.53 Å². The Hall–Kier alpha value is -1.59. The Kier molecular flexibility index (Phi) is 3.40. The second-order valence-electron chi connectivity index (χ2n) is 4.96. The maximum atomic E-state index is 12.2. The first kappa shape index (κ1) is 12.4. The number of methoxy groups -OCH3 is 1. The lowest BCUT2D eigenvalue weighted by Gasteiger charge is -2.15. The summed E-state index contributed by atoms with van der Waals surface area (Å²) in [5, 5.41) is 6.22. The van der Waals surface area contributed by atoms with Gasteiger partial charge < -0.3 is 20.1 Å². The Morgan fingerprint density at radius 2 is 2.32 bits per heavy atom. The Labute approximate surface area is 112 Å². The van der Waals surface area contributed by atoms with Crippen LogP contribution in [0.1, 0.15) is 18.0 Å². The van der Waals surface area contributed by atoms with Gasteiger partial charge in [-0.1, -0.05) is 18.2 Å². The van der Waals surface area contributed by atoms with Crippen LogP contribution in [0.4, 0.5) is 0 Å². The number of benzene rings is 1. The number of hydrogen-bond acceptors (Lipinski definition) is 4. The highest BCUT2D eigenvalue weighted by atomic mass is 16.5. The number of para-hydroxylation sites is 1. The van der Waals surface area contributed by atoms with Gasteiger partial charge in [-0.25, -0.2) is 0 Å². The summed E-state index contributed by atoms with van der Waals surface area (Å²) < 4.78 is 10.8. The van der Waals surface area contributed by atoms with Crippen molar-refractivity contribution in [3.05, 3.63) is 29.8 Å². The predicted molar refractivity (Wildman–Crippen MR) is 70.0 cm³/mol. The minimum atomic E-state index is -0.169. The van der Waals surface area contributed by atoms with Crippen LogP contribution >= 0.6 is 0 Å². The van der Waals surface area contributed by atoms with Crippen molar-refractivity contribution in [2.75, 3.05) is 20.3 Å². The van der Waals surface area contributed by atoms with Gasteiger partial charge in [-0.3, -0.25) is 4.79 Å². The van der Waals surface area contributed by atoms with E-state index in [9.17, 15) is 4.79 Å². The average molecular weight is 262 g/mol. The second-order valence-corrected chi connectivity index (χ2v) is 4.96. The molecular weight excluding hydrogens is 244 g/mol. The Balaban J connectivity index is 1.62. The summed E-state index contributed by atoms with van der Waals surface area (Å²) in [6.07, 6.45) is 0.847. The number of carbonyl (C=O) groups is 1. The van der Waals surface area contributed by atoms with Crippen molar-refractivity contribution in [3.63, 3.8) is 0 Å². The van der Waals surface area contributed by atoms with Crippen LogP contribution in [0.5, 0.6) is 5.75 Å². The highest BCUT2D eigenvalue weighted by Gasteiger charge is 2.32. The molecule has 0 aromatic heterocycles. The van der Waals surface area contributed by atoms with Gasteiger partial charge in [-0.05, 0) is 12.5 Å². The highest BCUT2D eigenvalue weighted by Crippen LogP contribution is 2.31. The minimum Gasteiger partial charge on any atom is -0.491 e. The smallest absolute Gasteiger partial charge is 0.237 e. The maximum absolute atomic E-state index is 12.2. The van der Waals surface area contributed by atoms with E-state index in [4.69, 9.17) is 9.47 Å². The predicted octanol–water partition coefficient (Wildman–Crippen LogP) is 0.613. The SMILES string of the molecule is COC1CNC(C(=O)NC2COc3ccccc32)C1. The van der Waals surface area contributed by atoms with Gasteiger partial charge >= 0.3 is 0 Å². The molecule has 3 rings (SSSR count).